The first-order chi connectivity index (χ1) is 15.0. The highest BCUT2D eigenvalue weighted by Gasteiger charge is 2.20. The summed E-state index contributed by atoms with van der Waals surface area (Å²) in [5.74, 6) is 0.0826. The fourth-order valence-electron chi connectivity index (χ4n) is 3.94. The SMILES string of the molecule is CCc1ccccc1NC(=O)CN1CCN(CC(=O)NCCc2ccccc2C)CC1. The molecule has 0 aromatic heterocycles. The Hall–Kier alpha value is -2.70. The highest BCUT2D eigenvalue weighted by Crippen LogP contribution is 2.15. The summed E-state index contributed by atoms with van der Waals surface area (Å²) in [5.41, 5.74) is 4.58. The van der Waals surface area contributed by atoms with E-state index in [9.17, 15) is 9.59 Å². The van der Waals surface area contributed by atoms with Crippen molar-refractivity contribution in [2.75, 3.05) is 51.1 Å². The number of rotatable bonds is 9. The molecule has 3 rings (SSSR count). The smallest absolute Gasteiger partial charge is 0.238 e. The zero-order valence-corrected chi connectivity index (χ0v) is 18.7. The van der Waals surface area contributed by atoms with Crippen LogP contribution in [0.1, 0.15) is 23.6 Å². The van der Waals surface area contributed by atoms with Crippen molar-refractivity contribution in [2.24, 2.45) is 0 Å². The lowest BCUT2D eigenvalue weighted by Gasteiger charge is -2.33. The molecule has 1 aliphatic rings. The number of hydrogen-bond donors (Lipinski definition) is 2. The molecule has 2 aromatic carbocycles. The van der Waals surface area contributed by atoms with E-state index in [2.05, 4.69) is 46.4 Å². The Labute approximate surface area is 185 Å². The molecular formula is C25H34N4O2. The van der Waals surface area contributed by atoms with E-state index < -0.39 is 0 Å². The number of aryl methyl sites for hydroxylation is 2. The molecule has 1 aliphatic heterocycles. The number of carbonyl (C=O) groups is 2. The third kappa shape index (κ3) is 7.19. The molecule has 6 heteroatoms. The molecule has 0 unspecified atom stereocenters. The molecule has 0 radical (unpaired) electrons. The first kappa shape index (κ1) is 23.0. The molecule has 0 bridgehead atoms. The molecule has 2 amide bonds. The van der Waals surface area contributed by atoms with Crippen LogP contribution in [-0.2, 0) is 22.4 Å². The zero-order valence-electron chi connectivity index (χ0n) is 18.7. The Bertz CT molecular complexity index is 875. The minimum Gasteiger partial charge on any atom is -0.355 e. The van der Waals surface area contributed by atoms with E-state index in [0.29, 0.717) is 19.6 Å². The molecule has 1 fully saturated rings. The number of nitrogens with one attached hydrogen (secondary N) is 2. The molecule has 166 valence electrons. The largest absolute Gasteiger partial charge is 0.355 e. The number of carbonyl (C=O) groups excluding carboxylic acids is 2. The maximum atomic E-state index is 12.4. The van der Waals surface area contributed by atoms with Crippen LogP contribution in [0.25, 0.3) is 0 Å². The predicted octanol–water partition coefficient (Wildman–Crippen LogP) is 2.47. The summed E-state index contributed by atoms with van der Waals surface area (Å²) in [4.78, 5) is 29.0. The van der Waals surface area contributed by atoms with Crippen LogP contribution in [0.4, 0.5) is 5.69 Å². The highest BCUT2D eigenvalue weighted by molar-refractivity contribution is 5.93. The summed E-state index contributed by atoms with van der Waals surface area (Å²) in [6.07, 6.45) is 1.74. The van der Waals surface area contributed by atoms with Crippen LogP contribution in [-0.4, -0.2) is 67.4 Å². The van der Waals surface area contributed by atoms with Gasteiger partial charge in [0.1, 0.15) is 0 Å². The summed E-state index contributed by atoms with van der Waals surface area (Å²) in [7, 11) is 0. The lowest BCUT2D eigenvalue weighted by atomic mass is 10.1. The van der Waals surface area contributed by atoms with Crippen molar-refractivity contribution in [2.45, 2.75) is 26.7 Å². The molecule has 0 spiro atoms. The monoisotopic (exact) mass is 422 g/mol. The van der Waals surface area contributed by atoms with Crippen molar-refractivity contribution in [3.05, 3.63) is 65.2 Å². The topological polar surface area (TPSA) is 64.7 Å². The molecule has 2 N–H and O–H groups in total. The van der Waals surface area contributed by atoms with Gasteiger partial charge in [0.15, 0.2) is 0 Å². The van der Waals surface area contributed by atoms with Gasteiger partial charge in [-0.25, -0.2) is 0 Å². The first-order valence-electron chi connectivity index (χ1n) is 11.2. The second kappa shape index (κ2) is 11.6. The summed E-state index contributed by atoms with van der Waals surface area (Å²) in [6.45, 7) is 8.81. The van der Waals surface area contributed by atoms with Crippen LogP contribution in [0.5, 0.6) is 0 Å². The summed E-state index contributed by atoms with van der Waals surface area (Å²) >= 11 is 0. The average Bonchev–Trinajstić information content (AvgIpc) is 2.77. The predicted molar refractivity (Wildman–Crippen MR) is 125 cm³/mol. The molecular weight excluding hydrogens is 388 g/mol. The highest BCUT2D eigenvalue weighted by atomic mass is 16.2. The van der Waals surface area contributed by atoms with E-state index in [1.54, 1.807) is 0 Å². The van der Waals surface area contributed by atoms with E-state index in [-0.39, 0.29) is 11.8 Å². The molecule has 1 heterocycles. The quantitative estimate of drug-likeness (QED) is 0.652. The Kier molecular flexibility index (Phi) is 8.62. The van der Waals surface area contributed by atoms with Crippen LogP contribution in [0.15, 0.2) is 48.5 Å². The van der Waals surface area contributed by atoms with E-state index in [1.807, 2.05) is 36.4 Å². The molecule has 6 nitrogen and oxygen atoms in total. The van der Waals surface area contributed by atoms with Gasteiger partial charge < -0.3 is 10.6 Å². The van der Waals surface area contributed by atoms with Crippen molar-refractivity contribution in [3.63, 3.8) is 0 Å². The van der Waals surface area contributed by atoms with Crippen LogP contribution >= 0.6 is 0 Å². The van der Waals surface area contributed by atoms with Gasteiger partial charge in [-0.2, -0.15) is 0 Å². The Morgan fingerprint density at radius 2 is 1.42 bits per heavy atom. The zero-order chi connectivity index (χ0) is 22.1. The van der Waals surface area contributed by atoms with Gasteiger partial charge in [-0.05, 0) is 42.5 Å². The van der Waals surface area contributed by atoms with Crippen LogP contribution < -0.4 is 10.6 Å². The first-order valence-corrected chi connectivity index (χ1v) is 11.2. The summed E-state index contributed by atoms with van der Waals surface area (Å²) in [6, 6.07) is 16.2. The van der Waals surface area contributed by atoms with Gasteiger partial charge in [0.25, 0.3) is 0 Å². The Morgan fingerprint density at radius 1 is 0.839 bits per heavy atom. The molecule has 0 saturated carbocycles. The van der Waals surface area contributed by atoms with Gasteiger partial charge in [-0.3, -0.25) is 19.4 Å². The van der Waals surface area contributed by atoms with E-state index in [4.69, 9.17) is 0 Å². The number of nitrogens with zero attached hydrogens (tertiary/aromatic N) is 2. The van der Waals surface area contributed by atoms with Crippen molar-refractivity contribution < 1.29 is 9.59 Å². The van der Waals surface area contributed by atoms with Crippen LogP contribution in [0.2, 0.25) is 0 Å². The lowest BCUT2D eigenvalue weighted by molar-refractivity contribution is -0.123. The Balaban J connectivity index is 1.34. The average molecular weight is 423 g/mol. The second-order valence-corrected chi connectivity index (χ2v) is 8.14. The van der Waals surface area contributed by atoms with Crippen LogP contribution in [0.3, 0.4) is 0 Å². The van der Waals surface area contributed by atoms with Gasteiger partial charge >= 0.3 is 0 Å². The number of piperazine rings is 1. The number of para-hydroxylation sites is 1. The molecule has 0 atom stereocenters. The standard InChI is InChI=1S/C25H34N4O2/c1-3-21-9-6-7-11-23(21)27-25(31)19-29-16-14-28(15-17-29)18-24(30)26-13-12-22-10-5-4-8-20(22)2/h4-11H,3,12-19H2,1-2H3,(H,26,30)(H,27,31). The minimum absolute atomic E-state index is 0.0169. The van der Waals surface area contributed by atoms with Gasteiger partial charge in [-0.1, -0.05) is 49.4 Å². The van der Waals surface area contributed by atoms with E-state index in [1.165, 1.54) is 11.1 Å². The fourth-order valence-corrected chi connectivity index (χ4v) is 3.94. The van der Waals surface area contributed by atoms with Gasteiger partial charge in [0.05, 0.1) is 13.1 Å². The fraction of sp³-hybridized carbons (Fsp3) is 0.440. The number of amides is 2. The second-order valence-electron chi connectivity index (χ2n) is 8.14. The molecule has 31 heavy (non-hydrogen) atoms. The minimum atomic E-state index is 0.0169. The number of anilines is 1. The summed E-state index contributed by atoms with van der Waals surface area (Å²) in [5, 5.41) is 6.06. The summed E-state index contributed by atoms with van der Waals surface area (Å²) < 4.78 is 0. The molecule has 0 aliphatic carbocycles. The third-order valence-corrected chi connectivity index (χ3v) is 5.85. The molecule has 2 aromatic rings. The van der Waals surface area contributed by atoms with Crippen molar-refractivity contribution >= 4 is 17.5 Å². The van der Waals surface area contributed by atoms with E-state index >= 15 is 0 Å². The van der Waals surface area contributed by atoms with Crippen molar-refractivity contribution in [1.82, 2.24) is 15.1 Å². The number of hydrogen-bond acceptors (Lipinski definition) is 4. The number of benzene rings is 2. The van der Waals surface area contributed by atoms with Crippen molar-refractivity contribution in [1.29, 1.82) is 0 Å². The maximum absolute atomic E-state index is 12.4. The maximum Gasteiger partial charge on any atom is 0.238 e. The normalized spacial score (nSPS) is 14.9. The third-order valence-electron chi connectivity index (χ3n) is 5.85. The van der Waals surface area contributed by atoms with Crippen molar-refractivity contribution in [3.8, 4) is 0 Å². The van der Waals surface area contributed by atoms with Gasteiger partial charge in [0.2, 0.25) is 11.8 Å². The Morgan fingerprint density at radius 3 is 2.06 bits per heavy atom. The van der Waals surface area contributed by atoms with E-state index in [0.717, 1.165) is 50.3 Å². The van der Waals surface area contributed by atoms with Crippen LogP contribution in [0, 0.1) is 6.92 Å². The molecule has 1 saturated heterocycles. The van der Waals surface area contributed by atoms with Gasteiger partial charge in [-0.15, -0.1) is 0 Å². The lowest BCUT2D eigenvalue weighted by Crippen LogP contribution is -2.51. The van der Waals surface area contributed by atoms with Gasteiger partial charge in [0, 0.05) is 38.4 Å².